The Morgan fingerprint density at radius 1 is 1.17 bits per heavy atom. The van der Waals surface area contributed by atoms with Gasteiger partial charge in [-0.1, -0.05) is 23.7 Å². The number of hydrogen-bond donors (Lipinski definition) is 1. The van der Waals surface area contributed by atoms with Crippen molar-refractivity contribution in [2.24, 2.45) is 0 Å². The lowest BCUT2D eigenvalue weighted by molar-refractivity contribution is -0.119. The van der Waals surface area contributed by atoms with E-state index in [0.717, 1.165) is 16.8 Å². The lowest BCUT2D eigenvalue weighted by atomic mass is 9.99. The highest BCUT2D eigenvalue weighted by Gasteiger charge is 2.25. The molecular weight excluding hydrogens is 402 g/mol. The SMILES string of the molecule is COc1ncccc1C(=O)Nc1ccc2c(c1)CCC(=O)N2Cc1ccc(Cl)cc1. The van der Waals surface area contributed by atoms with E-state index in [-0.39, 0.29) is 17.7 Å². The maximum absolute atomic E-state index is 12.6. The quantitative estimate of drug-likeness (QED) is 0.659. The molecule has 7 heteroatoms. The van der Waals surface area contributed by atoms with E-state index in [2.05, 4.69) is 10.3 Å². The number of aromatic nitrogens is 1. The standard InChI is InChI=1S/C23H20ClN3O3/c1-30-23-19(3-2-12-25-23)22(29)26-18-9-10-20-16(13-18)6-11-21(28)27(20)14-15-4-7-17(24)8-5-15/h2-5,7-10,12-13H,6,11,14H2,1H3,(H,26,29). The fraction of sp³-hybridized carbons (Fsp3) is 0.174. The van der Waals surface area contributed by atoms with Gasteiger partial charge in [0, 0.05) is 29.0 Å². The van der Waals surface area contributed by atoms with E-state index in [1.54, 1.807) is 29.3 Å². The lowest BCUT2D eigenvalue weighted by Gasteiger charge is -2.30. The number of fused-ring (bicyclic) bond motifs is 1. The second-order valence-corrected chi connectivity index (χ2v) is 7.40. The lowest BCUT2D eigenvalue weighted by Crippen LogP contribution is -2.34. The number of rotatable bonds is 5. The number of methoxy groups -OCH3 is 1. The van der Waals surface area contributed by atoms with Crippen LogP contribution >= 0.6 is 11.6 Å². The summed E-state index contributed by atoms with van der Waals surface area (Å²) >= 11 is 5.96. The van der Waals surface area contributed by atoms with E-state index in [1.165, 1.54) is 7.11 Å². The van der Waals surface area contributed by atoms with Crippen LogP contribution in [0.5, 0.6) is 5.88 Å². The third-order valence-corrected chi connectivity index (χ3v) is 5.25. The fourth-order valence-corrected chi connectivity index (χ4v) is 3.63. The fourth-order valence-electron chi connectivity index (χ4n) is 3.51. The Hall–Kier alpha value is -3.38. The molecule has 0 atom stereocenters. The van der Waals surface area contributed by atoms with Crippen molar-refractivity contribution < 1.29 is 14.3 Å². The monoisotopic (exact) mass is 421 g/mol. The Morgan fingerprint density at radius 2 is 1.97 bits per heavy atom. The molecule has 0 radical (unpaired) electrons. The minimum atomic E-state index is -0.301. The predicted octanol–water partition coefficient (Wildman–Crippen LogP) is 4.48. The first-order valence-electron chi connectivity index (χ1n) is 9.53. The van der Waals surface area contributed by atoms with Crippen molar-refractivity contribution in [1.29, 1.82) is 0 Å². The molecule has 1 aromatic heterocycles. The molecule has 3 aromatic rings. The topological polar surface area (TPSA) is 71.5 Å². The Labute approximate surface area is 179 Å². The average molecular weight is 422 g/mol. The molecule has 0 fully saturated rings. The molecule has 0 saturated heterocycles. The summed E-state index contributed by atoms with van der Waals surface area (Å²) in [5, 5.41) is 3.55. The Kier molecular flexibility index (Phi) is 5.68. The van der Waals surface area contributed by atoms with Crippen LogP contribution in [0.25, 0.3) is 0 Å². The summed E-state index contributed by atoms with van der Waals surface area (Å²) in [5.41, 5.74) is 3.89. The van der Waals surface area contributed by atoms with Gasteiger partial charge in [0.25, 0.3) is 5.91 Å². The molecule has 1 aliphatic heterocycles. The van der Waals surface area contributed by atoms with Gasteiger partial charge in [-0.3, -0.25) is 9.59 Å². The highest BCUT2D eigenvalue weighted by atomic mass is 35.5. The number of benzene rings is 2. The van der Waals surface area contributed by atoms with Gasteiger partial charge < -0.3 is 15.0 Å². The van der Waals surface area contributed by atoms with Crippen molar-refractivity contribution in [1.82, 2.24) is 4.98 Å². The minimum absolute atomic E-state index is 0.0781. The van der Waals surface area contributed by atoms with E-state index in [9.17, 15) is 9.59 Å². The largest absolute Gasteiger partial charge is 0.480 e. The average Bonchev–Trinajstić information content (AvgIpc) is 2.77. The zero-order valence-electron chi connectivity index (χ0n) is 16.4. The summed E-state index contributed by atoms with van der Waals surface area (Å²) in [6.45, 7) is 0.474. The van der Waals surface area contributed by atoms with Crippen LogP contribution in [0.4, 0.5) is 11.4 Å². The molecule has 6 nitrogen and oxygen atoms in total. The molecule has 0 spiro atoms. The number of anilines is 2. The molecule has 0 bridgehead atoms. The molecule has 0 unspecified atom stereocenters. The van der Waals surface area contributed by atoms with Gasteiger partial charge in [-0.25, -0.2) is 4.98 Å². The molecule has 4 rings (SSSR count). The maximum Gasteiger partial charge on any atom is 0.261 e. The van der Waals surface area contributed by atoms with Gasteiger partial charge in [0.05, 0.1) is 13.7 Å². The van der Waals surface area contributed by atoms with Crippen molar-refractivity contribution in [2.75, 3.05) is 17.3 Å². The summed E-state index contributed by atoms with van der Waals surface area (Å²) in [7, 11) is 1.48. The van der Waals surface area contributed by atoms with Gasteiger partial charge in [0.2, 0.25) is 11.8 Å². The van der Waals surface area contributed by atoms with Crippen molar-refractivity contribution in [2.45, 2.75) is 19.4 Å². The van der Waals surface area contributed by atoms with Gasteiger partial charge in [-0.05, 0) is 60.0 Å². The smallest absolute Gasteiger partial charge is 0.261 e. The van der Waals surface area contributed by atoms with Gasteiger partial charge in [-0.2, -0.15) is 0 Å². The summed E-state index contributed by atoms with van der Waals surface area (Å²) in [6.07, 6.45) is 2.63. The first kappa shape index (κ1) is 19.9. The van der Waals surface area contributed by atoms with E-state index >= 15 is 0 Å². The normalized spacial score (nSPS) is 13.0. The van der Waals surface area contributed by atoms with Crippen molar-refractivity contribution in [3.05, 3.63) is 82.5 Å². The molecule has 2 aromatic carbocycles. The third-order valence-electron chi connectivity index (χ3n) is 5.00. The number of halogens is 1. The van der Waals surface area contributed by atoms with Gasteiger partial charge in [0.1, 0.15) is 5.56 Å². The first-order valence-corrected chi connectivity index (χ1v) is 9.91. The highest BCUT2D eigenvalue weighted by molar-refractivity contribution is 6.30. The predicted molar refractivity (Wildman–Crippen MR) is 116 cm³/mol. The number of amides is 2. The van der Waals surface area contributed by atoms with Gasteiger partial charge in [-0.15, -0.1) is 0 Å². The number of carbonyl (C=O) groups is 2. The first-order chi connectivity index (χ1) is 14.5. The third kappa shape index (κ3) is 4.14. The van der Waals surface area contributed by atoms with E-state index in [0.29, 0.717) is 35.7 Å². The van der Waals surface area contributed by atoms with E-state index < -0.39 is 0 Å². The van der Waals surface area contributed by atoms with E-state index in [4.69, 9.17) is 16.3 Å². The highest BCUT2D eigenvalue weighted by Crippen LogP contribution is 2.32. The number of aryl methyl sites for hydroxylation is 1. The Morgan fingerprint density at radius 3 is 2.73 bits per heavy atom. The van der Waals surface area contributed by atoms with Gasteiger partial charge in [0.15, 0.2) is 0 Å². The molecule has 152 valence electrons. The summed E-state index contributed by atoms with van der Waals surface area (Å²) in [4.78, 5) is 31.0. The summed E-state index contributed by atoms with van der Waals surface area (Å²) < 4.78 is 5.16. The van der Waals surface area contributed by atoms with Crippen LogP contribution < -0.4 is 15.0 Å². The van der Waals surface area contributed by atoms with Crippen LogP contribution in [-0.4, -0.2) is 23.9 Å². The van der Waals surface area contributed by atoms with Crippen LogP contribution in [0.3, 0.4) is 0 Å². The van der Waals surface area contributed by atoms with Gasteiger partial charge >= 0.3 is 0 Å². The zero-order valence-corrected chi connectivity index (χ0v) is 17.1. The molecule has 1 N–H and O–H groups in total. The van der Waals surface area contributed by atoms with Crippen LogP contribution in [0.1, 0.15) is 27.9 Å². The number of ether oxygens (including phenoxy) is 1. The summed E-state index contributed by atoms with van der Waals surface area (Å²) in [5.74, 6) is 0.0480. The van der Waals surface area contributed by atoms with Crippen molar-refractivity contribution >= 4 is 34.8 Å². The van der Waals surface area contributed by atoms with Crippen LogP contribution in [-0.2, 0) is 17.8 Å². The van der Waals surface area contributed by atoms with Crippen molar-refractivity contribution in [3.8, 4) is 5.88 Å². The molecule has 0 aliphatic carbocycles. The minimum Gasteiger partial charge on any atom is -0.480 e. The molecule has 1 aliphatic rings. The summed E-state index contributed by atoms with van der Waals surface area (Å²) in [6, 6.07) is 16.4. The molecular formula is C23H20ClN3O3. The van der Waals surface area contributed by atoms with Crippen LogP contribution in [0, 0.1) is 0 Å². The van der Waals surface area contributed by atoms with Crippen molar-refractivity contribution in [3.63, 3.8) is 0 Å². The molecule has 2 amide bonds. The number of nitrogens with zero attached hydrogens (tertiary/aromatic N) is 2. The molecule has 30 heavy (non-hydrogen) atoms. The van der Waals surface area contributed by atoms with E-state index in [1.807, 2.05) is 36.4 Å². The second-order valence-electron chi connectivity index (χ2n) is 6.96. The van der Waals surface area contributed by atoms with Crippen LogP contribution in [0.2, 0.25) is 5.02 Å². The molecule has 0 saturated carbocycles. The maximum atomic E-state index is 12.6. The second kappa shape index (κ2) is 8.55. The Balaban J connectivity index is 1.56. The number of carbonyl (C=O) groups excluding carboxylic acids is 2. The Bertz CT molecular complexity index is 1100. The number of hydrogen-bond acceptors (Lipinski definition) is 4. The van der Waals surface area contributed by atoms with Crippen LogP contribution in [0.15, 0.2) is 60.8 Å². The molecule has 2 heterocycles. The number of nitrogens with one attached hydrogen (secondary N) is 1. The zero-order chi connectivity index (χ0) is 21.1. The number of pyridine rings is 1.